The standard InChI is InChI=1S/C11H10BrF3N2O2/c12-8-6-7(17-5-1-4-16-10(17)18)2-3-9(8)19-11(13,14)15/h2-3,6H,1,4-5H2,(H,16,18). The summed E-state index contributed by atoms with van der Waals surface area (Å²) in [5.41, 5.74) is 0.513. The van der Waals surface area contributed by atoms with Gasteiger partial charge in [-0.15, -0.1) is 13.2 Å². The van der Waals surface area contributed by atoms with Gasteiger partial charge in [0.1, 0.15) is 5.75 Å². The second-order valence-electron chi connectivity index (χ2n) is 3.90. The first-order valence-corrected chi connectivity index (χ1v) is 6.27. The van der Waals surface area contributed by atoms with Crippen LogP contribution in [0.25, 0.3) is 0 Å². The zero-order chi connectivity index (χ0) is 14.0. The van der Waals surface area contributed by atoms with Gasteiger partial charge in [-0.2, -0.15) is 0 Å². The molecule has 104 valence electrons. The maximum absolute atomic E-state index is 12.1. The number of rotatable bonds is 2. The van der Waals surface area contributed by atoms with Gasteiger partial charge in [-0.1, -0.05) is 0 Å². The van der Waals surface area contributed by atoms with Gasteiger partial charge in [0, 0.05) is 18.8 Å². The highest BCUT2D eigenvalue weighted by Gasteiger charge is 2.32. The lowest BCUT2D eigenvalue weighted by Crippen LogP contribution is -2.46. The maximum Gasteiger partial charge on any atom is 0.573 e. The number of benzene rings is 1. The summed E-state index contributed by atoms with van der Waals surface area (Å²) in [4.78, 5) is 13.1. The highest BCUT2D eigenvalue weighted by molar-refractivity contribution is 9.10. The molecule has 0 radical (unpaired) electrons. The summed E-state index contributed by atoms with van der Waals surface area (Å²) in [6.07, 6.45) is -3.96. The summed E-state index contributed by atoms with van der Waals surface area (Å²) in [6, 6.07) is 3.75. The Morgan fingerprint density at radius 1 is 1.37 bits per heavy atom. The fourth-order valence-electron chi connectivity index (χ4n) is 1.74. The average Bonchev–Trinajstić information content (AvgIpc) is 2.31. The largest absolute Gasteiger partial charge is 0.573 e. The molecule has 8 heteroatoms. The van der Waals surface area contributed by atoms with Gasteiger partial charge >= 0.3 is 12.4 Å². The molecule has 19 heavy (non-hydrogen) atoms. The molecular formula is C11H10BrF3N2O2. The Kier molecular flexibility index (Phi) is 3.88. The molecule has 0 saturated carbocycles. The molecule has 1 aromatic rings. The van der Waals surface area contributed by atoms with Crippen LogP contribution < -0.4 is 15.0 Å². The highest BCUT2D eigenvalue weighted by Crippen LogP contribution is 2.33. The van der Waals surface area contributed by atoms with E-state index in [1.54, 1.807) is 0 Å². The van der Waals surface area contributed by atoms with Crippen molar-refractivity contribution in [1.82, 2.24) is 5.32 Å². The summed E-state index contributed by atoms with van der Waals surface area (Å²) < 4.78 is 40.3. The molecule has 0 aliphatic carbocycles. The molecule has 1 saturated heterocycles. The minimum atomic E-state index is -4.74. The first-order valence-electron chi connectivity index (χ1n) is 5.47. The van der Waals surface area contributed by atoms with Crippen molar-refractivity contribution in [3.05, 3.63) is 22.7 Å². The van der Waals surface area contributed by atoms with Crippen molar-refractivity contribution in [3.8, 4) is 5.75 Å². The molecule has 0 spiro atoms. The maximum atomic E-state index is 12.1. The number of alkyl halides is 3. The summed E-state index contributed by atoms with van der Waals surface area (Å²) >= 11 is 3.00. The first-order chi connectivity index (χ1) is 8.87. The minimum Gasteiger partial charge on any atom is -0.405 e. The van der Waals surface area contributed by atoms with Crippen molar-refractivity contribution < 1.29 is 22.7 Å². The van der Waals surface area contributed by atoms with Gasteiger partial charge in [0.05, 0.1) is 4.47 Å². The van der Waals surface area contributed by atoms with Crippen molar-refractivity contribution in [1.29, 1.82) is 0 Å². The second kappa shape index (κ2) is 5.28. The van der Waals surface area contributed by atoms with E-state index in [9.17, 15) is 18.0 Å². The molecule has 1 fully saturated rings. The van der Waals surface area contributed by atoms with Crippen LogP contribution in [0.1, 0.15) is 6.42 Å². The fourth-order valence-corrected chi connectivity index (χ4v) is 2.19. The van der Waals surface area contributed by atoms with E-state index in [4.69, 9.17) is 0 Å². The quantitative estimate of drug-likeness (QED) is 0.899. The Morgan fingerprint density at radius 3 is 2.68 bits per heavy atom. The van der Waals surface area contributed by atoms with Gasteiger partial charge in [-0.3, -0.25) is 4.90 Å². The van der Waals surface area contributed by atoms with E-state index in [1.165, 1.54) is 23.1 Å². The van der Waals surface area contributed by atoms with Crippen LogP contribution in [0.15, 0.2) is 22.7 Å². The molecule has 2 rings (SSSR count). The Labute approximate surface area is 115 Å². The van der Waals surface area contributed by atoms with Gasteiger partial charge in [-0.05, 0) is 40.5 Å². The van der Waals surface area contributed by atoms with Crippen LogP contribution in [-0.2, 0) is 0 Å². The number of hydrogen-bond donors (Lipinski definition) is 1. The fraction of sp³-hybridized carbons (Fsp3) is 0.364. The van der Waals surface area contributed by atoms with Gasteiger partial charge in [0.15, 0.2) is 0 Å². The lowest BCUT2D eigenvalue weighted by molar-refractivity contribution is -0.274. The third kappa shape index (κ3) is 3.52. The average molecular weight is 339 g/mol. The predicted molar refractivity (Wildman–Crippen MR) is 66.2 cm³/mol. The summed E-state index contributed by atoms with van der Waals surface area (Å²) in [6.45, 7) is 1.13. The minimum absolute atomic E-state index is 0.140. The van der Waals surface area contributed by atoms with E-state index in [0.29, 0.717) is 18.8 Å². The van der Waals surface area contributed by atoms with Crippen molar-refractivity contribution in [2.75, 3.05) is 18.0 Å². The molecule has 1 aromatic carbocycles. The molecule has 2 amide bonds. The number of nitrogens with one attached hydrogen (secondary N) is 1. The lowest BCUT2D eigenvalue weighted by Gasteiger charge is -2.27. The van der Waals surface area contributed by atoms with Crippen molar-refractivity contribution in [3.63, 3.8) is 0 Å². The lowest BCUT2D eigenvalue weighted by atomic mass is 10.2. The number of anilines is 1. The Morgan fingerprint density at radius 2 is 2.11 bits per heavy atom. The van der Waals surface area contributed by atoms with Gasteiger partial charge in [0.2, 0.25) is 0 Å². The number of halogens is 4. The molecule has 1 N–H and O–H groups in total. The van der Waals surface area contributed by atoms with Gasteiger partial charge in [0.25, 0.3) is 0 Å². The zero-order valence-corrected chi connectivity index (χ0v) is 11.2. The van der Waals surface area contributed by atoms with E-state index in [-0.39, 0.29) is 16.3 Å². The van der Waals surface area contributed by atoms with E-state index >= 15 is 0 Å². The highest BCUT2D eigenvalue weighted by atomic mass is 79.9. The summed E-state index contributed by atoms with van der Waals surface area (Å²) in [5, 5.41) is 2.66. The number of nitrogens with zero attached hydrogens (tertiary/aromatic N) is 1. The van der Waals surface area contributed by atoms with Gasteiger partial charge < -0.3 is 10.1 Å². The van der Waals surface area contributed by atoms with Crippen LogP contribution in [0, 0.1) is 0 Å². The first kappa shape index (κ1) is 14.0. The van der Waals surface area contributed by atoms with Crippen LogP contribution in [0.5, 0.6) is 5.75 Å². The Bertz CT molecular complexity index is 493. The number of urea groups is 1. The second-order valence-corrected chi connectivity index (χ2v) is 4.75. The van der Waals surface area contributed by atoms with E-state index in [2.05, 4.69) is 26.0 Å². The number of carbonyl (C=O) groups is 1. The smallest absolute Gasteiger partial charge is 0.405 e. The molecular weight excluding hydrogens is 329 g/mol. The monoisotopic (exact) mass is 338 g/mol. The zero-order valence-electron chi connectivity index (χ0n) is 9.63. The molecule has 0 bridgehead atoms. The molecule has 4 nitrogen and oxygen atoms in total. The van der Waals surface area contributed by atoms with Crippen LogP contribution in [0.3, 0.4) is 0 Å². The molecule has 0 atom stereocenters. The van der Waals surface area contributed by atoms with E-state index in [1.807, 2.05) is 0 Å². The Balaban J connectivity index is 2.21. The SMILES string of the molecule is O=C1NCCCN1c1ccc(OC(F)(F)F)c(Br)c1. The molecule has 1 aliphatic rings. The van der Waals surface area contributed by atoms with Crippen LogP contribution >= 0.6 is 15.9 Å². The van der Waals surface area contributed by atoms with E-state index < -0.39 is 6.36 Å². The van der Waals surface area contributed by atoms with Gasteiger partial charge in [-0.25, -0.2) is 4.79 Å². The molecule has 0 unspecified atom stereocenters. The van der Waals surface area contributed by atoms with Crippen molar-refractivity contribution in [2.45, 2.75) is 12.8 Å². The molecule has 1 aliphatic heterocycles. The number of carbonyl (C=O) groups excluding carboxylic acids is 1. The van der Waals surface area contributed by atoms with Crippen LogP contribution in [0.4, 0.5) is 23.7 Å². The number of hydrogen-bond acceptors (Lipinski definition) is 2. The van der Waals surface area contributed by atoms with Crippen LogP contribution in [0.2, 0.25) is 0 Å². The Hall–Kier alpha value is -1.44. The van der Waals surface area contributed by atoms with Crippen molar-refractivity contribution in [2.24, 2.45) is 0 Å². The van der Waals surface area contributed by atoms with E-state index in [0.717, 1.165) is 6.42 Å². The normalized spacial score (nSPS) is 16.2. The molecule has 0 aromatic heterocycles. The van der Waals surface area contributed by atoms with Crippen molar-refractivity contribution >= 4 is 27.6 Å². The summed E-state index contributed by atoms with van der Waals surface area (Å²) in [7, 11) is 0. The number of amides is 2. The molecule has 1 heterocycles. The summed E-state index contributed by atoms with van der Waals surface area (Å²) in [5.74, 6) is -0.339. The number of ether oxygens (including phenoxy) is 1. The third-order valence-corrected chi connectivity index (χ3v) is 3.15. The van der Waals surface area contributed by atoms with Crippen LogP contribution in [-0.4, -0.2) is 25.5 Å². The predicted octanol–water partition coefficient (Wildman–Crippen LogP) is 3.27. The topological polar surface area (TPSA) is 41.6 Å². The third-order valence-electron chi connectivity index (χ3n) is 2.53.